The van der Waals surface area contributed by atoms with Crippen LogP contribution in [-0.4, -0.2) is 16.7 Å². The van der Waals surface area contributed by atoms with E-state index in [0.29, 0.717) is 12.6 Å². The second-order valence-electron chi connectivity index (χ2n) is 5.70. The first-order valence-electron chi connectivity index (χ1n) is 7.63. The Morgan fingerprint density at radius 1 is 1.33 bits per heavy atom. The quantitative estimate of drug-likeness (QED) is 0.937. The Morgan fingerprint density at radius 2 is 2.33 bits per heavy atom. The Kier molecular flexibility index (Phi) is 3.45. The van der Waals surface area contributed by atoms with Crippen LogP contribution in [0.15, 0.2) is 22.9 Å². The van der Waals surface area contributed by atoms with Crippen LogP contribution < -0.4 is 5.32 Å². The minimum Gasteiger partial charge on any atom is -0.376 e. The van der Waals surface area contributed by atoms with Crippen molar-refractivity contribution in [2.75, 3.05) is 6.61 Å². The molecular weight excluding hydrogens is 266 g/mol. The number of ether oxygens (including phenoxy) is 1. The molecule has 110 valence electrons. The number of hydrogen-bond donors (Lipinski definition) is 1. The lowest BCUT2D eigenvalue weighted by Gasteiger charge is -2.25. The summed E-state index contributed by atoms with van der Waals surface area (Å²) < 4.78 is 10.9. The second kappa shape index (κ2) is 5.58. The summed E-state index contributed by atoms with van der Waals surface area (Å²) in [5, 5.41) is 7.82. The topological polar surface area (TPSA) is 60.2 Å². The molecule has 3 heterocycles. The van der Waals surface area contributed by atoms with Gasteiger partial charge in [-0.2, -0.15) is 0 Å². The van der Waals surface area contributed by atoms with Crippen molar-refractivity contribution in [3.05, 3.63) is 46.6 Å². The molecule has 1 unspecified atom stereocenters. The Hall–Kier alpha value is -1.72. The molecule has 0 saturated heterocycles. The van der Waals surface area contributed by atoms with Crippen LogP contribution in [0.25, 0.3) is 0 Å². The highest BCUT2D eigenvalue weighted by atomic mass is 16.5. The molecule has 1 N–H and O–H groups in total. The highest BCUT2D eigenvalue weighted by Crippen LogP contribution is 2.29. The fraction of sp³-hybridized carbons (Fsp3) is 0.500. The zero-order valence-corrected chi connectivity index (χ0v) is 12.0. The molecule has 5 heteroatoms. The summed E-state index contributed by atoms with van der Waals surface area (Å²) in [4.78, 5) is 4.49. The van der Waals surface area contributed by atoms with Crippen LogP contribution in [0.3, 0.4) is 0 Å². The molecule has 1 atom stereocenters. The number of nitrogens with one attached hydrogen (secondary N) is 1. The van der Waals surface area contributed by atoms with Crippen LogP contribution in [0, 0.1) is 0 Å². The first-order chi connectivity index (χ1) is 10.4. The normalized spacial score (nSPS) is 20.9. The molecule has 0 fully saturated rings. The summed E-state index contributed by atoms with van der Waals surface area (Å²) in [5.74, 6) is 0.990. The first-order valence-corrected chi connectivity index (χ1v) is 7.63. The van der Waals surface area contributed by atoms with Crippen molar-refractivity contribution in [2.24, 2.45) is 0 Å². The van der Waals surface area contributed by atoms with E-state index in [2.05, 4.69) is 21.5 Å². The van der Waals surface area contributed by atoms with E-state index in [1.165, 1.54) is 17.7 Å². The predicted molar refractivity (Wildman–Crippen MR) is 76.6 cm³/mol. The molecule has 2 aromatic heterocycles. The Morgan fingerprint density at radius 3 is 3.33 bits per heavy atom. The van der Waals surface area contributed by atoms with Gasteiger partial charge in [0.25, 0.3) is 0 Å². The molecule has 4 rings (SSSR count). The fourth-order valence-corrected chi connectivity index (χ4v) is 3.26. The number of aryl methyl sites for hydroxylation is 1. The summed E-state index contributed by atoms with van der Waals surface area (Å²) in [6.45, 7) is 2.08. The smallest absolute Gasteiger partial charge is 0.144 e. The van der Waals surface area contributed by atoms with Gasteiger partial charge >= 0.3 is 0 Å². The number of rotatable bonds is 3. The van der Waals surface area contributed by atoms with Crippen LogP contribution in [-0.2, 0) is 30.7 Å². The van der Waals surface area contributed by atoms with Crippen molar-refractivity contribution in [1.29, 1.82) is 0 Å². The highest BCUT2D eigenvalue weighted by Gasteiger charge is 2.23. The lowest BCUT2D eigenvalue weighted by Crippen LogP contribution is -2.26. The summed E-state index contributed by atoms with van der Waals surface area (Å²) in [5.41, 5.74) is 4.68. The van der Waals surface area contributed by atoms with Gasteiger partial charge in [-0.25, -0.2) is 0 Å². The lowest BCUT2D eigenvalue weighted by atomic mass is 9.91. The van der Waals surface area contributed by atoms with Crippen LogP contribution in [0.2, 0.25) is 0 Å². The summed E-state index contributed by atoms with van der Waals surface area (Å²) in [6, 6.07) is 4.56. The molecule has 0 radical (unpaired) electrons. The van der Waals surface area contributed by atoms with Gasteiger partial charge in [0.15, 0.2) is 0 Å². The maximum atomic E-state index is 5.51. The molecule has 1 aliphatic carbocycles. The van der Waals surface area contributed by atoms with E-state index in [1.807, 2.05) is 12.3 Å². The van der Waals surface area contributed by atoms with Crippen molar-refractivity contribution in [2.45, 2.75) is 44.9 Å². The molecule has 0 spiro atoms. The van der Waals surface area contributed by atoms with E-state index in [-0.39, 0.29) is 0 Å². The van der Waals surface area contributed by atoms with Crippen LogP contribution in [0.5, 0.6) is 0 Å². The van der Waals surface area contributed by atoms with Crippen molar-refractivity contribution >= 4 is 0 Å². The second-order valence-corrected chi connectivity index (χ2v) is 5.70. The Bertz CT molecular complexity index is 638. The molecule has 0 bridgehead atoms. The zero-order chi connectivity index (χ0) is 14.1. The van der Waals surface area contributed by atoms with Gasteiger partial charge in [0.2, 0.25) is 0 Å². The summed E-state index contributed by atoms with van der Waals surface area (Å²) >= 11 is 0. The van der Waals surface area contributed by atoms with E-state index in [9.17, 15) is 0 Å². The predicted octanol–water partition coefficient (Wildman–Crippen LogP) is 2.31. The fourth-order valence-electron chi connectivity index (χ4n) is 3.26. The van der Waals surface area contributed by atoms with Crippen molar-refractivity contribution in [3.8, 4) is 0 Å². The van der Waals surface area contributed by atoms with E-state index in [1.54, 1.807) is 0 Å². The summed E-state index contributed by atoms with van der Waals surface area (Å²) in [7, 11) is 0. The van der Waals surface area contributed by atoms with Crippen molar-refractivity contribution in [3.63, 3.8) is 0 Å². The third-order valence-electron chi connectivity index (χ3n) is 4.39. The zero-order valence-electron chi connectivity index (χ0n) is 12.0. The van der Waals surface area contributed by atoms with E-state index in [0.717, 1.165) is 49.4 Å². The van der Waals surface area contributed by atoms with E-state index >= 15 is 0 Å². The molecule has 0 amide bonds. The third kappa shape index (κ3) is 2.47. The minimum atomic E-state index is 0.360. The van der Waals surface area contributed by atoms with Gasteiger partial charge in [0.05, 0.1) is 13.2 Å². The number of aromatic nitrogens is 2. The van der Waals surface area contributed by atoms with Gasteiger partial charge in [-0.05, 0) is 30.9 Å². The lowest BCUT2D eigenvalue weighted by molar-refractivity contribution is 0.102. The maximum absolute atomic E-state index is 5.51. The Balaban J connectivity index is 1.49. The standard InChI is InChI=1S/C16H19N3O2/c1-4-13-11(3-2-7-17-13)14(5-1)18-9-15-12-10-20-8-6-16(12)21-19-15/h2-3,7,14,18H,1,4-6,8-10H2. The average Bonchev–Trinajstić information content (AvgIpc) is 2.96. The van der Waals surface area contributed by atoms with Crippen molar-refractivity contribution in [1.82, 2.24) is 15.5 Å². The van der Waals surface area contributed by atoms with Crippen molar-refractivity contribution < 1.29 is 9.26 Å². The van der Waals surface area contributed by atoms with Gasteiger partial charge in [-0.1, -0.05) is 11.2 Å². The van der Waals surface area contributed by atoms with E-state index in [4.69, 9.17) is 9.26 Å². The highest BCUT2D eigenvalue weighted by molar-refractivity contribution is 5.27. The molecule has 5 nitrogen and oxygen atoms in total. The summed E-state index contributed by atoms with van der Waals surface area (Å²) in [6.07, 6.45) is 6.13. The third-order valence-corrected chi connectivity index (χ3v) is 4.39. The van der Waals surface area contributed by atoms with E-state index < -0.39 is 0 Å². The molecule has 2 aromatic rings. The number of pyridine rings is 1. The van der Waals surface area contributed by atoms with Gasteiger partial charge in [0.1, 0.15) is 11.5 Å². The molecular formula is C16H19N3O2. The maximum Gasteiger partial charge on any atom is 0.144 e. The monoisotopic (exact) mass is 285 g/mol. The molecule has 0 saturated carbocycles. The molecule has 0 aromatic carbocycles. The molecule has 1 aliphatic heterocycles. The van der Waals surface area contributed by atoms with Crippen LogP contribution >= 0.6 is 0 Å². The average molecular weight is 285 g/mol. The number of hydrogen-bond acceptors (Lipinski definition) is 5. The largest absolute Gasteiger partial charge is 0.376 e. The Labute approximate surface area is 123 Å². The van der Waals surface area contributed by atoms with Crippen LogP contribution in [0.4, 0.5) is 0 Å². The number of nitrogens with zero attached hydrogens (tertiary/aromatic N) is 2. The SMILES string of the molecule is c1cnc2c(c1)C(NCc1noc3c1COCC3)CCC2. The minimum absolute atomic E-state index is 0.360. The van der Waals surface area contributed by atoms with Gasteiger partial charge in [-0.15, -0.1) is 0 Å². The number of fused-ring (bicyclic) bond motifs is 2. The molecule has 2 aliphatic rings. The van der Waals surface area contributed by atoms with Gasteiger partial charge in [0, 0.05) is 36.5 Å². The van der Waals surface area contributed by atoms with Gasteiger partial charge < -0.3 is 14.6 Å². The molecule has 21 heavy (non-hydrogen) atoms. The van der Waals surface area contributed by atoms with Gasteiger partial charge in [-0.3, -0.25) is 4.98 Å². The first kappa shape index (κ1) is 13.0. The van der Waals surface area contributed by atoms with Crippen LogP contribution in [0.1, 0.15) is 47.2 Å².